The monoisotopic (exact) mass is 259 g/mol. The molecule has 1 unspecified atom stereocenters. The second-order valence-corrected chi connectivity index (χ2v) is 4.53. The fourth-order valence-electron chi connectivity index (χ4n) is 1.89. The largest absolute Gasteiger partial charge is 0.481 e. The summed E-state index contributed by atoms with van der Waals surface area (Å²) >= 11 is 0. The van der Waals surface area contributed by atoms with Gasteiger partial charge in [0.1, 0.15) is 0 Å². The molecule has 0 fully saturated rings. The van der Waals surface area contributed by atoms with Gasteiger partial charge in [0.05, 0.1) is 5.69 Å². The first-order valence-electron chi connectivity index (χ1n) is 6.23. The van der Waals surface area contributed by atoms with E-state index in [0.717, 1.165) is 16.9 Å². The summed E-state index contributed by atoms with van der Waals surface area (Å²) in [5.74, 6) is -0.764. The highest BCUT2D eigenvalue weighted by atomic mass is 16.4. The van der Waals surface area contributed by atoms with Crippen LogP contribution in [-0.4, -0.2) is 27.3 Å². The van der Waals surface area contributed by atoms with E-state index >= 15 is 0 Å². The van der Waals surface area contributed by atoms with Gasteiger partial charge in [-0.3, -0.25) is 9.89 Å². The molecule has 0 saturated heterocycles. The maximum absolute atomic E-state index is 10.5. The summed E-state index contributed by atoms with van der Waals surface area (Å²) in [4.78, 5) is 10.5. The number of benzene rings is 1. The van der Waals surface area contributed by atoms with Crippen molar-refractivity contribution in [2.45, 2.75) is 25.8 Å². The van der Waals surface area contributed by atoms with Crippen LogP contribution in [0.5, 0.6) is 0 Å². The van der Waals surface area contributed by atoms with Crippen LogP contribution in [0, 0.1) is 0 Å². The Balaban J connectivity index is 2.01. The average Bonchev–Trinajstić information content (AvgIpc) is 2.90. The summed E-state index contributed by atoms with van der Waals surface area (Å²) in [7, 11) is 0. The van der Waals surface area contributed by atoms with Gasteiger partial charge in [0.15, 0.2) is 0 Å². The minimum absolute atomic E-state index is 0.119. The smallest absolute Gasteiger partial charge is 0.303 e. The number of nitrogens with zero attached hydrogens (tertiary/aromatic N) is 1. The maximum Gasteiger partial charge on any atom is 0.303 e. The van der Waals surface area contributed by atoms with Crippen molar-refractivity contribution in [2.24, 2.45) is 0 Å². The molecule has 2 rings (SSSR count). The summed E-state index contributed by atoms with van der Waals surface area (Å²) < 4.78 is 0. The van der Waals surface area contributed by atoms with Gasteiger partial charge in [0.2, 0.25) is 0 Å². The lowest BCUT2D eigenvalue weighted by atomic mass is 10.1. The molecule has 2 aromatic rings. The number of rotatable bonds is 6. The molecule has 100 valence electrons. The predicted octanol–water partition coefficient (Wildman–Crippen LogP) is 2.74. The molecule has 0 aliphatic heterocycles. The molecule has 0 bridgehead atoms. The average molecular weight is 259 g/mol. The molecule has 0 aliphatic carbocycles. The number of aliphatic carboxylic acids is 1. The normalized spacial score (nSPS) is 12.1. The van der Waals surface area contributed by atoms with Gasteiger partial charge in [-0.25, -0.2) is 0 Å². The van der Waals surface area contributed by atoms with Crippen molar-refractivity contribution in [3.63, 3.8) is 0 Å². The molecule has 0 amide bonds. The Morgan fingerprint density at radius 1 is 1.47 bits per heavy atom. The number of carbonyl (C=O) groups is 1. The zero-order valence-corrected chi connectivity index (χ0v) is 10.8. The Bertz CT molecular complexity index is 537. The topological polar surface area (TPSA) is 78.0 Å². The van der Waals surface area contributed by atoms with Gasteiger partial charge in [-0.2, -0.15) is 5.10 Å². The van der Waals surface area contributed by atoms with Gasteiger partial charge >= 0.3 is 5.97 Å². The van der Waals surface area contributed by atoms with Crippen molar-refractivity contribution in [1.29, 1.82) is 0 Å². The minimum Gasteiger partial charge on any atom is -0.481 e. The van der Waals surface area contributed by atoms with Crippen LogP contribution in [0.15, 0.2) is 36.5 Å². The Morgan fingerprint density at radius 2 is 2.32 bits per heavy atom. The molecule has 19 heavy (non-hydrogen) atoms. The molecule has 1 heterocycles. The molecule has 1 atom stereocenters. The number of hydrogen-bond donors (Lipinski definition) is 3. The van der Waals surface area contributed by atoms with Crippen LogP contribution >= 0.6 is 0 Å². The standard InChI is InChI=1S/C14H17N3O2/c1-10(5-6-14(18)19)16-12-4-2-3-11(9-12)13-7-8-15-17-13/h2-4,7-10,16H,5-6H2,1H3,(H,15,17)(H,18,19). The predicted molar refractivity (Wildman–Crippen MR) is 74.0 cm³/mol. The van der Waals surface area contributed by atoms with Crippen molar-refractivity contribution in [1.82, 2.24) is 10.2 Å². The van der Waals surface area contributed by atoms with E-state index in [-0.39, 0.29) is 12.5 Å². The zero-order chi connectivity index (χ0) is 13.7. The van der Waals surface area contributed by atoms with E-state index in [1.807, 2.05) is 37.3 Å². The van der Waals surface area contributed by atoms with E-state index in [1.54, 1.807) is 6.20 Å². The first kappa shape index (κ1) is 13.1. The molecular weight excluding hydrogens is 242 g/mol. The SMILES string of the molecule is CC(CCC(=O)O)Nc1cccc(-c2ccn[nH]2)c1. The maximum atomic E-state index is 10.5. The van der Waals surface area contributed by atoms with Crippen molar-refractivity contribution in [2.75, 3.05) is 5.32 Å². The van der Waals surface area contributed by atoms with E-state index in [0.29, 0.717) is 6.42 Å². The lowest BCUT2D eigenvalue weighted by Gasteiger charge is -2.14. The van der Waals surface area contributed by atoms with Crippen LogP contribution in [0.3, 0.4) is 0 Å². The number of carboxylic acid groups (broad SMARTS) is 1. The van der Waals surface area contributed by atoms with Crippen molar-refractivity contribution < 1.29 is 9.90 Å². The molecule has 5 heteroatoms. The van der Waals surface area contributed by atoms with Crippen molar-refractivity contribution in [3.8, 4) is 11.3 Å². The first-order chi connectivity index (χ1) is 9.15. The second kappa shape index (κ2) is 6.04. The van der Waals surface area contributed by atoms with Gasteiger partial charge in [-0.15, -0.1) is 0 Å². The second-order valence-electron chi connectivity index (χ2n) is 4.53. The third-order valence-corrected chi connectivity index (χ3v) is 2.88. The third-order valence-electron chi connectivity index (χ3n) is 2.88. The molecule has 5 nitrogen and oxygen atoms in total. The Morgan fingerprint density at radius 3 is 3.00 bits per heavy atom. The number of hydrogen-bond acceptors (Lipinski definition) is 3. The number of nitrogens with one attached hydrogen (secondary N) is 2. The fourth-order valence-corrected chi connectivity index (χ4v) is 1.89. The summed E-state index contributed by atoms with van der Waals surface area (Å²) in [6.07, 6.45) is 2.49. The third kappa shape index (κ3) is 3.84. The van der Waals surface area contributed by atoms with Crippen LogP contribution in [0.4, 0.5) is 5.69 Å². The molecule has 3 N–H and O–H groups in total. The van der Waals surface area contributed by atoms with E-state index in [4.69, 9.17) is 5.11 Å². The van der Waals surface area contributed by atoms with Crippen LogP contribution in [0.1, 0.15) is 19.8 Å². The molecule has 0 aliphatic rings. The Labute approximate surface area is 111 Å². The highest BCUT2D eigenvalue weighted by Crippen LogP contribution is 2.21. The van der Waals surface area contributed by atoms with Gasteiger partial charge < -0.3 is 10.4 Å². The highest BCUT2D eigenvalue weighted by Gasteiger charge is 2.06. The van der Waals surface area contributed by atoms with Crippen molar-refractivity contribution >= 4 is 11.7 Å². The van der Waals surface area contributed by atoms with Crippen LogP contribution in [0.25, 0.3) is 11.3 Å². The van der Waals surface area contributed by atoms with Gasteiger partial charge in [-0.1, -0.05) is 12.1 Å². The number of carboxylic acids is 1. The van der Waals surface area contributed by atoms with Crippen LogP contribution in [-0.2, 0) is 4.79 Å². The summed E-state index contributed by atoms with van der Waals surface area (Å²) in [5.41, 5.74) is 2.99. The summed E-state index contributed by atoms with van der Waals surface area (Å²) in [6.45, 7) is 1.98. The fraction of sp³-hybridized carbons (Fsp3) is 0.286. The zero-order valence-electron chi connectivity index (χ0n) is 10.8. The van der Waals surface area contributed by atoms with Gasteiger partial charge in [0, 0.05) is 29.9 Å². The van der Waals surface area contributed by atoms with Crippen LogP contribution in [0.2, 0.25) is 0 Å². The molecule has 1 aromatic heterocycles. The quantitative estimate of drug-likeness (QED) is 0.745. The number of aromatic nitrogens is 2. The van der Waals surface area contributed by atoms with Crippen molar-refractivity contribution in [3.05, 3.63) is 36.5 Å². The Kier molecular flexibility index (Phi) is 4.18. The van der Waals surface area contributed by atoms with E-state index in [1.165, 1.54) is 0 Å². The lowest BCUT2D eigenvalue weighted by Crippen LogP contribution is -2.16. The molecule has 1 aromatic carbocycles. The molecule has 0 radical (unpaired) electrons. The van der Waals surface area contributed by atoms with E-state index < -0.39 is 5.97 Å². The van der Waals surface area contributed by atoms with Crippen LogP contribution < -0.4 is 5.32 Å². The molecule has 0 saturated carbocycles. The number of anilines is 1. The summed E-state index contributed by atoms with van der Waals surface area (Å²) in [6, 6.07) is 9.98. The van der Waals surface area contributed by atoms with E-state index in [2.05, 4.69) is 15.5 Å². The van der Waals surface area contributed by atoms with E-state index in [9.17, 15) is 4.79 Å². The lowest BCUT2D eigenvalue weighted by molar-refractivity contribution is -0.137. The van der Waals surface area contributed by atoms with Gasteiger partial charge in [0.25, 0.3) is 0 Å². The Hall–Kier alpha value is -2.30. The first-order valence-corrected chi connectivity index (χ1v) is 6.23. The van der Waals surface area contributed by atoms with Gasteiger partial charge in [-0.05, 0) is 31.5 Å². The molecule has 0 spiro atoms. The summed E-state index contributed by atoms with van der Waals surface area (Å²) in [5, 5.41) is 18.8. The number of aromatic amines is 1. The highest BCUT2D eigenvalue weighted by molar-refractivity contribution is 5.67. The molecular formula is C14H17N3O2. The minimum atomic E-state index is -0.764. The number of H-pyrrole nitrogens is 1.